The van der Waals surface area contributed by atoms with Crippen molar-refractivity contribution in [1.29, 1.82) is 0 Å². The van der Waals surface area contributed by atoms with Crippen LogP contribution in [0.25, 0.3) is 6.08 Å². The van der Waals surface area contributed by atoms with Crippen molar-refractivity contribution in [1.82, 2.24) is 9.62 Å². The topological polar surface area (TPSA) is 119 Å². The molecule has 0 spiro atoms. The first-order chi connectivity index (χ1) is 13.2. The van der Waals surface area contributed by atoms with Crippen molar-refractivity contribution < 1.29 is 36.7 Å². The maximum Gasteiger partial charge on any atom is 0.306 e. The van der Waals surface area contributed by atoms with Crippen molar-refractivity contribution >= 4 is 33.9 Å². The van der Waals surface area contributed by atoms with Crippen LogP contribution in [0.15, 0.2) is 23.8 Å². The molecule has 1 fully saturated rings. The Morgan fingerprint density at radius 2 is 2.04 bits per heavy atom. The molecule has 0 aliphatic carbocycles. The number of sulfonamides is 1. The molecule has 0 unspecified atom stereocenters. The van der Waals surface area contributed by atoms with Gasteiger partial charge >= 0.3 is 5.97 Å². The predicted molar refractivity (Wildman–Crippen MR) is 96.1 cm³/mol. The molecule has 1 heterocycles. The van der Waals surface area contributed by atoms with Crippen LogP contribution in [0.5, 0.6) is 5.75 Å². The van der Waals surface area contributed by atoms with Crippen molar-refractivity contribution in [2.24, 2.45) is 0 Å². The van der Waals surface area contributed by atoms with Crippen molar-refractivity contribution in [3.63, 3.8) is 0 Å². The zero-order chi connectivity index (χ0) is 20.9. The first kappa shape index (κ1) is 21.4. The lowest BCUT2D eigenvalue weighted by atomic mass is 10.1. The van der Waals surface area contributed by atoms with E-state index in [4.69, 9.17) is 4.74 Å². The van der Waals surface area contributed by atoms with E-state index in [0.29, 0.717) is 4.31 Å². The average Bonchev–Trinajstić information content (AvgIpc) is 2.80. The van der Waals surface area contributed by atoms with Gasteiger partial charge in [0.1, 0.15) is 18.1 Å². The molecular weight excluding hydrogens is 395 g/mol. The Kier molecular flexibility index (Phi) is 6.73. The van der Waals surface area contributed by atoms with Crippen LogP contribution in [-0.4, -0.2) is 63.6 Å². The largest absolute Gasteiger partial charge is 0.496 e. The third kappa shape index (κ3) is 5.06. The van der Waals surface area contributed by atoms with Gasteiger partial charge in [-0.1, -0.05) is 0 Å². The van der Waals surface area contributed by atoms with Crippen LogP contribution in [0.2, 0.25) is 0 Å². The summed E-state index contributed by atoms with van der Waals surface area (Å²) >= 11 is 0. The molecule has 28 heavy (non-hydrogen) atoms. The van der Waals surface area contributed by atoms with Crippen LogP contribution in [0, 0.1) is 5.82 Å². The van der Waals surface area contributed by atoms with Crippen LogP contribution in [0.1, 0.15) is 12.0 Å². The fraction of sp³-hybridized carbons (Fsp3) is 0.353. The molecule has 1 aliphatic heterocycles. The van der Waals surface area contributed by atoms with Gasteiger partial charge in [-0.2, -0.15) is 0 Å². The first-order valence-electron chi connectivity index (χ1n) is 8.10. The van der Waals surface area contributed by atoms with Gasteiger partial charge in [0.2, 0.25) is 15.9 Å². The third-order valence-electron chi connectivity index (χ3n) is 3.91. The van der Waals surface area contributed by atoms with E-state index in [0.717, 1.165) is 13.2 Å². The molecule has 0 aromatic heterocycles. The molecule has 2 rings (SSSR count). The molecule has 0 bridgehead atoms. The second-order valence-electron chi connectivity index (χ2n) is 5.79. The highest BCUT2D eigenvalue weighted by molar-refractivity contribution is 7.89. The van der Waals surface area contributed by atoms with Gasteiger partial charge in [0.05, 0.1) is 26.4 Å². The van der Waals surface area contributed by atoms with Crippen molar-refractivity contribution in [3.05, 3.63) is 35.2 Å². The van der Waals surface area contributed by atoms with Crippen LogP contribution >= 0.6 is 0 Å². The summed E-state index contributed by atoms with van der Waals surface area (Å²) in [6.07, 6.45) is 0.777. The van der Waals surface area contributed by atoms with E-state index >= 15 is 0 Å². The lowest BCUT2D eigenvalue weighted by Gasteiger charge is -2.19. The molecule has 2 amide bonds. The van der Waals surface area contributed by atoms with Crippen LogP contribution in [-0.2, 0) is 29.1 Å². The number of nitrogens with zero attached hydrogens (tertiary/aromatic N) is 1. The van der Waals surface area contributed by atoms with Crippen molar-refractivity contribution in [2.75, 3.05) is 33.1 Å². The molecule has 1 saturated heterocycles. The zero-order valence-corrected chi connectivity index (χ0v) is 16.0. The molecule has 1 aromatic rings. The summed E-state index contributed by atoms with van der Waals surface area (Å²) in [5, 5.41) is 2.42. The SMILES string of the molecule is COC(=O)CCS(=O)(=O)N1CC(=O)NCC(=Cc2cc(F)ccc2OC)C1=O. The van der Waals surface area contributed by atoms with E-state index in [1.165, 1.54) is 25.3 Å². The van der Waals surface area contributed by atoms with Gasteiger partial charge in [-0.3, -0.25) is 14.4 Å². The van der Waals surface area contributed by atoms with E-state index < -0.39 is 52.3 Å². The first-order valence-corrected chi connectivity index (χ1v) is 9.71. The summed E-state index contributed by atoms with van der Waals surface area (Å²) in [6.45, 7) is -0.972. The zero-order valence-electron chi connectivity index (χ0n) is 15.2. The van der Waals surface area contributed by atoms with Gasteiger partial charge in [-0.25, -0.2) is 17.1 Å². The summed E-state index contributed by atoms with van der Waals surface area (Å²) in [4.78, 5) is 35.9. The van der Waals surface area contributed by atoms with E-state index in [9.17, 15) is 27.2 Å². The van der Waals surface area contributed by atoms with Gasteiger partial charge in [0, 0.05) is 17.7 Å². The van der Waals surface area contributed by atoms with Crippen molar-refractivity contribution in [3.8, 4) is 5.75 Å². The molecular formula is C17H19FN2O7S. The van der Waals surface area contributed by atoms with E-state index in [1.807, 2.05) is 0 Å². The molecule has 9 nitrogen and oxygen atoms in total. The number of rotatable bonds is 6. The number of amides is 2. The summed E-state index contributed by atoms with van der Waals surface area (Å²) < 4.78 is 48.5. The molecule has 0 saturated carbocycles. The van der Waals surface area contributed by atoms with Crippen LogP contribution < -0.4 is 10.1 Å². The Morgan fingerprint density at radius 3 is 2.68 bits per heavy atom. The van der Waals surface area contributed by atoms with Gasteiger partial charge in [-0.05, 0) is 24.3 Å². The fourth-order valence-electron chi connectivity index (χ4n) is 2.46. The number of carbonyl (C=O) groups excluding carboxylic acids is 3. The maximum absolute atomic E-state index is 13.6. The Balaban J connectivity index is 2.40. The Labute approximate surface area is 161 Å². The monoisotopic (exact) mass is 414 g/mol. The van der Waals surface area contributed by atoms with Crippen LogP contribution in [0.4, 0.5) is 4.39 Å². The number of halogens is 1. The standard InChI is InChI=1S/C17H19FN2O7S/c1-26-14-4-3-13(18)8-11(14)7-12-9-19-15(21)10-20(17(12)23)28(24,25)6-5-16(22)27-2/h3-4,7-8H,5-6,9-10H2,1-2H3,(H,19,21). The van der Waals surface area contributed by atoms with Crippen LogP contribution in [0.3, 0.4) is 0 Å². The van der Waals surface area contributed by atoms with Crippen molar-refractivity contribution in [2.45, 2.75) is 6.42 Å². The minimum absolute atomic E-state index is 0.0867. The summed E-state index contributed by atoms with van der Waals surface area (Å²) in [5.74, 6) is -3.43. The Bertz CT molecular complexity index is 927. The highest BCUT2D eigenvalue weighted by Gasteiger charge is 2.34. The second kappa shape index (κ2) is 8.83. The number of hydrogen-bond acceptors (Lipinski definition) is 7. The Hall–Kier alpha value is -2.95. The predicted octanol–water partition coefficient (Wildman–Crippen LogP) is 0.0690. The summed E-state index contributed by atoms with van der Waals surface area (Å²) in [5.41, 5.74) is 0.116. The van der Waals surface area contributed by atoms with Gasteiger partial charge in [-0.15, -0.1) is 0 Å². The lowest BCUT2D eigenvalue weighted by molar-refractivity contribution is -0.140. The molecule has 11 heteroatoms. The van der Waals surface area contributed by atoms with Gasteiger partial charge in [0.25, 0.3) is 5.91 Å². The molecule has 1 aromatic carbocycles. The highest BCUT2D eigenvalue weighted by Crippen LogP contribution is 2.23. The number of methoxy groups -OCH3 is 2. The number of esters is 1. The van der Waals surface area contributed by atoms with E-state index in [-0.39, 0.29) is 23.4 Å². The molecule has 1 aliphatic rings. The number of nitrogens with one attached hydrogen (secondary N) is 1. The number of carbonyl (C=O) groups is 3. The number of hydrogen-bond donors (Lipinski definition) is 1. The average molecular weight is 414 g/mol. The quantitative estimate of drug-likeness (QED) is 0.517. The van der Waals surface area contributed by atoms with E-state index in [1.54, 1.807) is 0 Å². The summed E-state index contributed by atoms with van der Waals surface area (Å²) in [7, 11) is -1.81. The Morgan fingerprint density at radius 1 is 1.32 bits per heavy atom. The normalized spacial score (nSPS) is 16.5. The maximum atomic E-state index is 13.6. The van der Waals surface area contributed by atoms with Gasteiger partial charge < -0.3 is 14.8 Å². The molecule has 1 N–H and O–H groups in total. The highest BCUT2D eigenvalue weighted by atomic mass is 32.2. The number of ether oxygens (including phenoxy) is 2. The smallest absolute Gasteiger partial charge is 0.306 e. The fourth-order valence-corrected chi connectivity index (χ4v) is 3.78. The minimum Gasteiger partial charge on any atom is -0.496 e. The van der Waals surface area contributed by atoms with E-state index in [2.05, 4.69) is 10.1 Å². The third-order valence-corrected chi connectivity index (χ3v) is 5.60. The molecule has 0 radical (unpaired) electrons. The molecule has 152 valence electrons. The second-order valence-corrected chi connectivity index (χ2v) is 7.80. The summed E-state index contributed by atoms with van der Waals surface area (Å²) in [6, 6.07) is 3.63. The van der Waals surface area contributed by atoms with Gasteiger partial charge in [0.15, 0.2) is 0 Å². The molecule has 0 atom stereocenters. The number of benzene rings is 1. The minimum atomic E-state index is -4.27. The lowest BCUT2D eigenvalue weighted by Crippen LogP contribution is -2.42.